The first-order valence-electron chi connectivity index (χ1n) is 10.1. The van der Waals surface area contributed by atoms with Crippen molar-refractivity contribution in [2.75, 3.05) is 0 Å². The van der Waals surface area contributed by atoms with Gasteiger partial charge in [-0.05, 0) is 84.1 Å². The van der Waals surface area contributed by atoms with Gasteiger partial charge in [0.05, 0.1) is 5.69 Å². The molecule has 0 spiro atoms. The summed E-state index contributed by atoms with van der Waals surface area (Å²) in [6.45, 7) is 8.56. The largest absolute Gasteiger partial charge is 0.486 e. The number of rotatable bonds is 5. The maximum absolute atomic E-state index is 12.3. The zero-order valence-electron chi connectivity index (χ0n) is 18.4. The molecule has 4 aromatic rings. The van der Waals surface area contributed by atoms with Crippen molar-refractivity contribution in [2.24, 2.45) is 7.05 Å². The summed E-state index contributed by atoms with van der Waals surface area (Å²) in [7, 11) is 1.57. The van der Waals surface area contributed by atoms with E-state index in [2.05, 4.69) is 54.4 Å². The lowest BCUT2D eigenvalue weighted by atomic mass is 9.96. The van der Waals surface area contributed by atoms with Crippen molar-refractivity contribution in [1.82, 2.24) is 24.8 Å². The lowest BCUT2D eigenvalue weighted by Crippen LogP contribution is -2.22. The van der Waals surface area contributed by atoms with E-state index >= 15 is 0 Å². The third kappa shape index (κ3) is 3.86. The third-order valence-corrected chi connectivity index (χ3v) is 5.46. The van der Waals surface area contributed by atoms with Crippen LogP contribution in [0, 0.1) is 27.7 Å². The van der Waals surface area contributed by atoms with Crippen LogP contribution in [-0.2, 0) is 13.7 Å². The highest BCUT2D eigenvalue weighted by atomic mass is 16.5. The first-order chi connectivity index (χ1) is 14.9. The van der Waals surface area contributed by atoms with Gasteiger partial charge >= 0.3 is 5.69 Å². The van der Waals surface area contributed by atoms with Gasteiger partial charge < -0.3 is 4.74 Å². The molecule has 0 unspecified atom stereocenters. The zero-order valence-corrected chi connectivity index (χ0v) is 18.4. The van der Waals surface area contributed by atoms with Gasteiger partial charge in [0, 0.05) is 18.8 Å². The van der Waals surface area contributed by atoms with Crippen LogP contribution >= 0.6 is 0 Å². The molecule has 0 bridgehead atoms. The Kier molecular flexibility index (Phi) is 5.42. The van der Waals surface area contributed by atoms with E-state index < -0.39 is 0 Å². The lowest BCUT2D eigenvalue weighted by Gasteiger charge is -2.16. The monoisotopic (exact) mass is 415 g/mol. The Morgan fingerprint density at radius 2 is 1.68 bits per heavy atom. The molecule has 7 nitrogen and oxygen atoms in total. The summed E-state index contributed by atoms with van der Waals surface area (Å²) in [4.78, 5) is 16.9. The Labute approximate surface area is 180 Å². The molecule has 31 heavy (non-hydrogen) atoms. The quantitative estimate of drug-likeness (QED) is 0.495. The molecule has 0 amide bonds. The molecular weight excluding hydrogens is 390 g/mol. The number of hydrogen-bond acceptors (Lipinski definition) is 5. The van der Waals surface area contributed by atoms with Gasteiger partial charge in [0.2, 0.25) is 0 Å². The molecule has 0 N–H and O–H groups in total. The average Bonchev–Trinajstić information content (AvgIpc) is 3.08. The van der Waals surface area contributed by atoms with Gasteiger partial charge in [-0.25, -0.2) is 4.79 Å². The highest BCUT2D eigenvalue weighted by Crippen LogP contribution is 2.30. The summed E-state index contributed by atoms with van der Waals surface area (Å²) in [6.07, 6.45) is 1.82. The second-order valence-electron chi connectivity index (χ2n) is 7.77. The predicted molar refractivity (Wildman–Crippen MR) is 120 cm³/mol. The van der Waals surface area contributed by atoms with Crippen LogP contribution in [0.4, 0.5) is 0 Å². The van der Waals surface area contributed by atoms with Gasteiger partial charge in [0.25, 0.3) is 0 Å². The zero-order chi connectivity index (χ0) is 22.1. The van der Waals surface area contributed by atoms with E-state index in [1.165, 1.54) is 9.36 Å². The van der Waals surface area contributed by atoms with Gasteiger partial charge in [-0.2, -0.15) is 9.36 Å². The maximum Gasteiger partial charge on any atom is 0.368 e. The van der Waals surface area contributed by atoms with Crippen LogP contribution in [0.1, 0.15) is 27.8 Å². The number of tetrazole rings is 1. The van der Waals surface area contributed by atoms with Crippen molar-refractivity contribution in [3.05, 3.63) is 87.0 Å². The van der Waals surface area contributed by atoms with Gasteiger partial charge in [-0.1, -0.05) is 24.3 Å². The van der Waals surface area contributed by atoms with Crippen LogP contribution in [0.25, 0.3) is 16.9 Å². The molecule has 0 aliphatic carbocycles. The molecule has 0 atom stereocenters. The SMILES string of the molecule is Cc1cc(-c2ncccc2C)c(C)cc1COc1c(C)cccc1-n1nnn(C)c1=O. The lowest BCUT2D eigenvalue weighted by molar-refractivity contribution is 0.301. The summed E-state index contributed by atoms with van der Waals surface area (Å²) in [5, 5.41) is 7.77. The molecule has 2 aromatic heterocycles. The molecule has 2 heterocycles. The van der Waals surface area contributed by atoms with Crippen LogP contribution in [0.3, 0.4) is 0 Å². The Hall–Kier alpha value is -3.74. The van der Waals surface area contributed by atoms with Crippen molar-refractivity contribution in [2.45, 2.75) is 34.3 Å². The molecule has 158 valence electrons. The van der Waals surface area contributed by atoms with Gasteiger partial charge in [0.1, 0.15) is 18.0 Å². The summed E-state index contributed by atoms with van der Waals surface area (Å²) < 4.78 is 8.68. The molecule has 0 saturated heterocycles. The highest BCUT2D eigenvalue weighted by molar-refractivity contribution is 5.68. The van der Waals surface area contributed by atoms with E-state index in [1.54, 1.807) is 7.05 Å². The molecule has 4 rings (SSSR count). The summed E-state index contributed by atoms with van der Waals surface area (Å²) in [5.74, 6) is 0.617. The van der Waals surface area contributed by atoms with E-state index in [4.69, 9.17) is 4.74 Å². The second-order valence-corrected chi connectivity index (χ2v) is 7.77. The maximum atomic E-state index is 12.3. The van der Waals surface area contributed by atoms with Crippen LogP contribution in [-0.4, -0.2) is 24.8 Å². The normalized spacial score (nSPS) is 11.0. The topological polar surface area (TPSA) is 74.8 Å². The number of hydrogen-bond donors (Lipinski definition) is 0. The number of aromatic nitrogens is 5. The first-order valence-corrected chi connectivity index (χ1v) is 10.1. The van der Waals surface area contributed by atoms with Crippen molar-refractivity contribution in [3.8, 4) is 22.7 Å². The number of para-hydroxylation sites is 1. The summed E-state index contributed by atoms with van der Waals surface area (Å²) >= 11 is 0. The minimum absolute atomic E-state index is 0.322. The predicted octanol–water partition coefficient (Wildman–Crippen LogP) is 3.84. The molecule has 2 aromatic carbocycles. The van der Waals surface area contributed by atoms with Crippen LogP contribution < -0.4 is 10.4 Å². The fourth-order valence-corrected chi connectivity index (χ4v) is 3.66. The van der Waals surface area contributed by atoms with E-state index in [0.717, 1.165) is 39.1 Å². The van der Waals surface area contributed by atoms with Crippen molar-refractivity contribution < 1.29 is 4.74 Å². The molecule has 7 heteroatoms. The average molecular weight is 415 g/mol. The van der Waals surface area contributed by atoms with Crippen LogP contribution in [0.15, 0.2) is 53.5 Å². The van der Waals surface area contributed by atoms with E-state index in [9.17, 15) is 4.79 Å². The number of nitrogens with zero attached hydrogens (tertiary/aromatic N) is 5. The number of aryl methyl sites for hydroxylation is 5. The molecule has 0 aliphatic rings. The molecular formula is C24H25N5O2. The van der Waals surface area contributed by atoms with E-state index in [-0.39, 0.29) is 5.69 Å². The van der Waals surface area contributed by atoms with Gasteiger partial charge in [-0.3, -0.25) is 4.98 Å². The van der Waals surface area contributed by atoms with Crippen molar-refractivity contribution in [1.29, 1.82) is 0 Å². The Morgan fingerprint density at radius 1 is 0.903 bits per heavy atom. The standard InChI is InChI=1S/C24H25N5O2/c1-15-9-7-11-25-22(15)20-13-17(3)19(12-18(20)4)14-31-23-16(2)8-6-10-21(23)29-24(30)28(5)26-27-29/h6-13H,14H2,1-5H3. The second kappa shape index (κ2) is 8.18. The summed E-state index contributed by atoms with van der Waals surface area (Å²) in [5.41, 5.74) is 7.79. The number of ether oxygens (including phenoxy) is 1. The smallest absolute Gasteiger partial charge is 0.368 e. The van der Waals surface area contributed by atoms with E-state index in [0.29, 0.717) is 18.0 Å². The Balaban J connectivity index is 1.67. The van der Waals surface area contributed by atoms with Crippen molar-refractivity contribution in [3.63, 3.8) is 0 Å². The molecule has 0 saturated carbocycles. The first kappa shape index (κ1) is 20.5. The minimum Gasteiger partial charge on any atom is -0.486 e. The van der Waals surface area contributed by atoms with Gasteiger partial charge in [-0.15, -0.1) is 0 Å². The summed E-state index contributed by atoms with van der Waals surface area (Å²) in [6, 6.07) is 14.0. The van der Waals surface area contributed by atoms with Crippen LogP contribution in [0.2, 0.25) is 0 Å². The number of pyridine rings is 1. The fourth-order valence-electron chi connectivity index (χ4n) is 3.66. The van der Waals surface area contributed by atoms with Gasteiger partial charge in [0.15, 0.2) is 0 Å². The molecule has 0 aliphatic heterocycles. The minimum atomic E-state index is -0.322. The molecule has 0 fully saturated rings. The molecule has 0 radical (unpaired) electrons. The van der Waals surface area contributed by atoms with Crippen molar-refractivity contribution >= 4 is 0 Å². The van der Waals surface area contributed by atoms with E-state index in [1.807, 2.05) is 37.4 Å². The third-order valence-electron chi connectivity index (χ3n) is 5.46. The highest BCUT2D eigenvalue weighted by Gasteiger charge is 2.16. The fraction of sp³-hybridized carbons (Fsp3) is 0.250. The Morgan fingerprint density at radius 3 is 2.39 bits per heavy atom. The Bertz CT molecular complexity index is 1320. The number of benzene rings is 2. The van der Waals surface area contributed by atoms with Crippen LogP contribution in [0.5, 0.6) is 5.75 Å².